The first-order valence-corrected chi connectivity index (χ1v) is 9.05. The van der Waals surface area contributed by atoms with Crippen molar-refractivity contribution in [3.63, 3.8) is 0 Å². The third-order valence-corrected chi connectivity index (χ3v) is 5.21. The molecule has 0 saturated carbocycles. The van der Waals surface area contributed by atoms with E-state index in [4.69, 9.17) is 11.2 Å². The highest BCUT2D eigenvalue weighted by Crippen LogP contribution is 2.21. The van der Waals surface area contributed by atoms with Crippen LogP contribution in [0, 0.1) is 26.2 Å². The van der Waals surface area contributed by atoms with Crippen molar-refractivity contribution in [1.82, 2.24) is 9.80 Å². The molecular formula is C21H28N2O3. The lowest BCUT2D eigenvalue weighted by Crippen LogP contribution is -2.60. The molecule has 1 aliphatic heterocycles. The van der Waals surface area contributed by atoms with Crippen molar-refractivity contribution in [2.45, 2.75) is 46.2 Å². The van der Waals surface area contributed by atoms with Crippen molar-refractivity contribution < 1.29 is 14.3 Å². The van der Waals surface area contributed by atoms with Gasteiger partial charge in [0.2, 0.25) is 5.91 Å². The second-order valence-electron chi connectivity index (χ2n) is 6.87. The van der Waals surface area contributed by atoms with Gasteiger partial charge < -0.3 is 14.5 Å². The van der Waals surface area contributed by atoms with Gasteiger partial charge in [0.15, 0.2) is 0 Å². The Morgan fingerprint density at radius 1 is 1.15 bits per heavy atom. The summed E-state index contributed by atoms with van der Waals surface area (Å²) in [4.78, 5) is 29.0. The van der Waals surface area contributed by atoms with Gasteiger partial charge in [-0.15, -0.1) is 12.3 Å². The summed E-state index contributed by atoms with van der Waals surface area (Å²) in [5, 5.41) is 0. The van der Waals surface area contributed by atoms with Crippen molar-refractivity contribution in [3.05, 3.63) is 34.9 Å². The van der Waals surface area contributed by atoms with Crippen LogP contribution in [0.4, 0.5) is 0 Å². The molecule has 0 spiro atoms. The number of benzene rings is 1. The normalized spacial score (nSPS) is 20.0. The Balaban J connectivity index is 2.01. The molecule has 1 aliphatic rings. The number of hydrogen-bond donors (Lipinski definition) is 0. The Bertz CT molecular complexity index is 708. The van der Waals surface area contributed by atoms with E-state index in [9.17, 15) is 9.59 Å². The molecule has 0 aliphatic carbocycles. The third kappa shape index (κ3) is 4.44. The SMILES string of the molecule is C#CCCOCC(=O)N1CCN(C(=O)c2ccc(C)c(C)c2)C(C)C1C. The van der Waals surface area contributed by atoms with E-state index in [0.717, 1.165) is 5.56 Å². The quantitative estimate of drug-likeness (QED) is 0.601. The van der Waals surface area contributed by atoms with E-state index in [1.807, 2.05) is 50.8 Å². The molecule has 5 nitrogen and oxygen atoms in total. The average Bonchev–Trinajstić information content (AvgIpc) is 2.62. The zero-order valence-corrected chi connectivity index (χ0v) is 16.1. The summed E-state index contributed by atoms with van der Waals surface area (Å²) < 4.78 is 5.33. The van der Waals surface area contributed by atoms with Crippen LogP contribution >= 0.6 is 0 Å². The van der Waals surface area contributed by atoms with Crippen molar-refractivity contribution in [3.8, 4) is 12.3 Å². The summed E-state index contributed by atoms with van der Waals surface area (Å²) in [7, 11) is 0. The number of piperazine rings is 1. The molecule has 1 saturated heterocycles. The number of rotatable bonds is 5. The molecule has 1 heterocycles. The van der Waals surface area contributed by atoms with Crippen LogP contribution in [0.3, 0.4) is 0 Å². The van der Waals surface area contributed by atoms with E-state index in [-0.39, 0.29) is 30.5 Å². The highest BCUT2D eigenvalue weighted by atomic mass is 16.5. The second kappa shape index (κ2) is 8.86. The van der Waals surface area contributed by atoms with Crippen LogP contribution in [0.2, 0.25) is 0 Å². The number of carbonyl (C=O) groups is 2. The molecule has 140 valence electrons. The molecule has 2 atom stereocenters. The molecule has 1 aromatic carbocycles. The highest BCUT2D eigenvalue weighted by molar-refractivity contribution is 5.95. The van der Waals surface area contributed by atoms with E-state index < -0.39 is 0 Å². The first-order chi connectivity index (χ1) is 12.4. The van der Waals surface area contributed by atoms with Crippen molar-refractivity contribution >= 4 is 11.8 Å². The van der Waals surface area contributed by atoms with E-state index in [1.165, 1.54) is 5.56 Å². The maximum absolute atomic E-state index is 12.9. The van der Waals surface area contributed by atoms with Gasteiger partial charge in [-0.1, -0.05) is 6.07 Å². The zero-order valence-electron chi connectivity index (χ0n) is 16.1. The molecule has 0 N–H and O–H groups in total. The molecule has 5 heteroatoms. The maximum atomic E-state index is 12.9. The zero-order chi connectivity index (χ0) is 19.3. The average molecular weight is 356 g/mol. The van der Waals surface area contributed by atoms with Crippen molar-refractivity contribution in [2.75, 3.05) is 26.3 Å². The van der Waals surface area contributed by atoms with Crippen LogP contribution < -0.4 is 0 Å². The number of carbonyl (C=O) groups excluding carboxylic acids is 2. The second-order valence-corrected chi connectivity index (χ2v) is 6.87. The van der Waals surface area contributed by atoms with Gasteiger partial charge in [0.1, 0.15) is 6.61 Å². The summed E-state index contributed by atoms with van der Waals surface area (Å²) in [5.41, 5.74) is 2.97. The molecule has 0 radical (unpaired) electrons. The Kier molecular flexibility index (Phi) is 6.82. The van der Waals surface area contributed by atoms with Gasteiger partial charge in [-0.25, -0.2) is 0 Å². The lowest BCUT2D eigenvalue weighted by molar-refractivity contribution is -0.141. The molecule has 1 aromatic rings. The van der Waals surface area contributed by atoms with Gasteiger partial charge in [0, 0.05) is 37.2 Å². The Hall–Kier alpha value is -2.32. The molecule has 0 aromatic heterocycles. The monoisotopic (exact) mass is 356 g/mol. The van der Waals surface area contributed by atoms with E-state index >= 15 is 0 Å². The van der Waals surface area contributed by atoms with Gasteiger partial charge in [0.05, 0.1) is 6.61 Å². The van der Waals surface area contributed by atoms with Crippen LogP contribution in [0.1, 0.15) is 41.8 Å². The number of nitrogens with zero attached hydrogens (tertiary/aromatic N) is 2. The predicted octanol–water partition coefficient (Wildman–Crippen LogP) is 2.40. The van der Waals surface area contributed by atoms with Crippen LogP contribution in [0.15, 0.2) is 18.2 Å². The first-order valence-electron chi connectivity index (χ1n) is 9.05. The first kappa shape index (κ1) is 20.0. The molecule has 2 rings (SSSR count). The maximum Gasteiger partial charge on any atom is 0.254 e. The van der Waals surface area contributed by atoms with Gasteiger partial charge in [-0.3, -0.25) is 9.59 Å². The van der Waals surface area contributed by atoms with Crippen LogP contribution in [0.25, 0.3) is 0 Å². The fraction of sp³-hybridized carbons (Fsp3) is 0.524. The summed E-state index contributed by atoms with van der Waals surface area (Å²) in [6.07, 6.45) is 5.67. The third-order valence-electron chi connectivity index (χ3n) is 5.21. The number of hydrogen-bond acceptors (Lipinski definition) is 3. The Morgan fingerprint density at radius 3 is 2.46 bits per heavy atom. The van der Waals surface area contributed by atoms with Crippen LogP contribution in [-0.4, -0.2) is 60.0 Å². The lowest BCUT2D eigenvalue weighted by Gasteiger charge is -2.45. The Labute approximate surface area is 156 Å². The minimum absolute atomic E-state index is 0.0184. The largest absolute Gasteiger partial charge is 0.371 e. The van der Waals surface area contributed by atoms with Crippen molar-refractivity contribution in [1.29, 1.82) is 0 Å². The fourth-order valence-electron chi connectivity index (χ4n) is 3.20. The summed E-state index contributed by atoms with van der Waals surface area (Å²) in [6, 6.07) is 5.66. The smallest absolute Gasteiger partial charge is 0.254 e. The summed E-state index contributed by atoms with van der Waals surface area (Å²) in [5.74, 6) is 2.45. The fourth-order valence-corrected chi connectivity index (χ4v) is 3.20. The predicted molar refractivity (Wildman–Crippen MR) is 102 cm³/mol. The van der Waals surface area contributed by atoms with Gasteiger partial charge in [-0.05, 0) is 51.0 Å². The van der Waals surface area contributed by atoms with E-state index in [2.05, 4.69) is 5.92 Å². The molecule has 1 fully saturated rings. The minimum atomic E-state index is -0.0667. The molecular weight excluding hydrogens is 328 g/mol. The highest BCUT2D eigenvalue weighted by Gasteiger charge is 2.35. The number of amides is 2. The van der Waals surface area contributed by atoms with E-state index in [1.54, 1.807) is 4.90 Å². The molecule has 2 unspecified atom stereocenters. The molecule has 0 bridgehead atoms. The Morgan fingerprint density at radius 2 is 1.81 bits per heavy atom. The number of ether oxygens (including phenoxy) is 1. The number of aryl methyl sites for hydroxylation is 2. The number of terminal acetylenes is 1. The standard InChI is InChI=1S/C21H28N2O3/c1-6-7-12-26-14-20(24)22-10-11-23(18(5)17(22)4)21(25)19-9-8-15(2)16(3)13-19/h1,8-9,13,17-18H,7,10-12,14H2,2-5H3. The van der Waals surface area contributed by atoms with E-state index in [0.29, 0.717) is 31.7 Å². The minimum Gasteiger partial charge on any atom is -0.371 e. The lowest BCUT2D eigenvalue weighted by atomic mass is 10.0. The van der Waals surface area contributed by atoms with Gasteiger partial charge >= 0.3 is 0 Å². The molecule has 26 heavy (non-hydrogen) atoms. The van der Waals surface area contributed by atoms with Gasteiger partial charge in [-0.2, -0.15) is 0 Å². The molecule has 2 amide bonds. The van der Waals surface area contributed by atoms with Crippen LogP contribution in [0.5, 0.6) is 0 Å². The summed E-state index contributed by atoms with van der Waals surface area (Å²) >= 11 is 0. The van der Waals surface area contributed by atoms with Crippen LogP contribution in [-0.2, 0) is 9.53 Å². The van der Waals surface area contributed by atoms with Crippen molar-refractivity contribution in [2.24, 2.45) is 0 Å². The topological polar surface area (TPSA) is 49.9 Å². The summed E-state index contributed by atoms with van der Waals surface area (Å²) in [6.45, 7) is 9.46. The van der Waals surface area contributed by atoms with Gasteiger partial charge in [0.25, 0.3) is 5.91 Å².